The van der Waals surface area contributed by atoms with Gasteiger partial charge in [-0.2, -0.15) is 5.10 Å². The quantitative estimate of drug-likeness (QED) is 0.529. The predicted octanol–water partition coefficient (Wildman–Crippen LogP) is 4.87. The molecule has 9 heteroatoms. The molecule has 0 spiro atoms. The molecule has 1 aromatic carbocycles. The first-order valence-corrected chi connectivity index (χ1v) is 9.00. The van der Waals surface area contributed by atoms with E-state index in [-0.39, 0.29) is 35.3 Å². The Bertz CT molecular complexity index is 1090. The molecule has 3 rings (SSSR count). The first-order valence-electron chi connectivity index (χ1n) is 8.24. The van der Waals surface area contributed by atoms with Gasteiger partial charge in [-0.3, -0.25) is 4.79 Å². The second-order valence-electron chi connectivity index (χ2n) is 5.74. The van der Waals surface area contributed by atoms with Crippen LogP contribution in [0.15, 0.2) is 48.0 Å². The Morgan fingerprint density at radius 3 is 2.46 bits per heavy atom. The molecule has 0 atom stereocenters. The van der Waals surface area contributed by atoms with Crippen molar-refractivity contribution >= 4 is 23.2 Å². The molecular formula is C19H15Cl2F2N3O2. The summed E-state index contributed by atoms with van der Waals surface area (Å²) in [4.78, 5) is 12.5. The van der Waals surface area contributed by atoms with E-state index in [0.717, 1.165) is 12.1 Å². The molecule has 0 saturated carbocycles. The number of aromatic nitrogens is 3. The number of halogens is 4. The Morgan fingerprint density at radius 2 is 1.93 bits per heavy atom. The van der Waals surface area contributed by atoms with Gasteiger partial charge >= 0.3 is 0 Å². The summed E-state index contributed by atoms with van der Waals surface area (Å²) in [5.41, 5.74) is -0.784. The molecule has 0 bridgehead atoms. The van der Waals surface area contributed by atoms with Crippen LogP contribution in [0.5, 0.6) is 5.75 Å². The van der Waals surface area contributed by atoms with Gasteiger partial charge in [0.05, 0.1) is 28.2 Å². The van der Waals surface area contributed by atoms with Crippen LogP contribution in [0.1, 0.15) is 6.92 Å². The molecule has 0 aliphatic carbocycles. The van der Waals surface area contributed by atoms with Crippen molar-refractivity contribution in [2.45, 2.75) is 13.5 Å². The summed E-state index contributed by atoms with van der Waals surface area (Å²) in [5, 5.41) is 4.26. The van der Waals surface area contributed by atoms with Gasteiger partial charge in [0.15, 0.2) is 0 Å². The molecule has 3 aromatic rings. The van der Waals surface area contributed by atoms with Crippen LogP contribution in [-0.2, 0) is 6.54 Å². The van der Waals surface area contributed by atoms with E-state index in [0.29, 0.717) is 5.02 Å². The molecule has 0 amide bonds. The zero-order chi connectivity index (χ0) is 20.4. The van der Waals surface area contributed by atoms with Gasteiger partial charge < -0.3 is 9.30 Å². The standard InChI is InChI=1S/C19H15Cl2F2N3O2/c1-3-5-28-12-6-14(22)17(15(23)7-12)18-16(26-10-11(20)9-24-26)8-13(21)19(27)25(18)4-2/h3,6-10H,1,4-5H2,2H3. The smallest absolute Gasteiger partial charge is 0.269 e. The summed E-state index contributed by atoms with van der Waals surface area (Å²) in [6.45, 7) is 5.38. The third-order valence-corrected chi connectivity index (χ3v) is 4.43. The van der Waals surface area contributed by atoms with Gasteiger partial charge in [-0.15, -0.1) is 0 Å². The largest absolute Gasteiger partial charge is 0.489 e. The minimum Gasteiger partial charge on any atom is -0.489 e. The number of pyridine rings is 1. The fourth-order valence-electron chi connectivity index (χ4n) is 2.81. The SMILES string of the molecule is C=CCOc1cc(F)c(-c2c(-n3cc(Cl)cn3)cc(Cl)c(=O)n2CC)c(F)c1. The van der Waals surface area contributed by atoms with Crippen molar-refractivity contribution in [2.24, 2.45) is 0 Å². The lowest BCUT2D eigenvalue weighted by Crippen LogP contribution is -2.24. The van der Waals surface area contributed by atoms with Crippen LogP contribution in [-0.4, -0.2) is 21.0 Å². The van der Waals surface area contributed by atoms with Gasteiger partial charge in [-0.1, -0.05) is 35.9 Å². The molecule has 146 valence electrons. The average Bonchev–Trinajstić information content (AvgIpc) is 3.08. The highest BCUT2D eigenvalue weighted by molar-refractivity contribution is 6.31. The molecule has 0 unspecified atom stereocenters. The number of hydrogen-bond acceptors (Lipinski definition) is 3. The van der Waals surface area contributed by atoms with Crippen molar-refractivity contribution in [3.63, 3.8) is 0 Å². The Hall–Kier alpha value is -2.64. The van der Waals surface area contributed by atoms with Gasteiger partial charge in [0.1, 0.15) is 29.0 Å². The highest BCUT2D eigenvalue weighted by atomic mass is 35.5. The summed E-state index contributed by atoms with van der Waals surface area (Å²) in [6, 6.07) is 3.39. The highest BCUT2D eigenvalue weighted by Crippen LogP contribution is 2.34. The summed E-state index contributed by atoms with van der Waals surface area (Å²) < 4.78 is 37.5. The molecule has 0 saturated heterocycles. The van der Waals surface area contributed by atoms with Crippen LogP contribution < -0.4 is 10.3 Å². The van der Waals surface area contributed by atoms with Crippen molar-refractivity contribution in [2.75, 3.05) is 6.61 Å². The maximum Gasteiger partial charge on any atom is 0.269 e. The summed E-state index contributed by atoms with van der Waals surface area (Å²) in [5.74, 6) is -1.80. The summed E-state index contributed by atoms with van der Waals surface area (Å²) in [6.07, 6.45) is 4.26. The highest BCUT2D eigenvalue weighted by Gasteiger charge is 2.24. The molecule has 0 aliphatic rings. The van der Waals surface area contributed by atoms with E-state index in [1.54, 1.807) is 6.92 Å². The maximum absolute atomic E-state index is 14.9. The molecule has 2 aromatic heterocycles. The van der Waals surface area contributed by atoms with Crippen molar-refractivity contribution in [1.82, 2.24) is 14.3 Å². The fourth-order valence-corrected chi connectivity index (χ4v) is 3.15. The Balaban J connectivity index is 2.33. The van der Waals surface area contributed by atoms with E-state index >= 15 is 0 Å². The number of benzene rings is 1. The van der Waals surface area contributed by atoms with Crippen LogP contribution in [0.2, 0.25) is 10.0 Å². The lowest BCUT2D eigenvalue weighted by atomic mass is 10.1. The number of ether oxygens (including phenoxy) is 1. The van der Waals surface area contributed by atoms with E-state index in [1.807, 2.05) is 0 Å². The van der Waals surface area contributed by atoms with Crippen LogP contribution in [0.25, 0.3) is 16.9 Å². The lowest BCUT2D eigenvalue weighted by molar-refractivity contribution is 0.358. The number of nitrogens with zero attached hydrogens (tertiary/aromatic N) is 3. The van der Waals surface area contributed by atoms with Crippen molar-refractivity contribution in [3.8, 4) is 22.7 Å². The Morgan fingerprint density at radius 1 is 1.25 bits per heavy atom. The van der Waals surface area contributed by atoms with Gasteiger partial charge in [-0.05, 0) is 13.0 Å². The number of hydrogen-bond donors (Lipinski definition) is 0. The molecule has 0 radical (unpaired) electrons. The zero-order valence-electron chi connectivity index (χ0n) is 14.8. The van der Waals surface area contributed by atoms with Crippen LogP contribution in [0.3, 0.4) is 0 Å². The topological polar surface area (TPSA) is 49.1 Å². The molecule has 0 N–H and O–H groups in total. The van der Waals surface area contributed by atoms with Crippen molar-refractivity contribution in [1.29, 1.82) is 0 Å². The average molecular weight is 426 g/mol. The summed E-state index contributed by atoms with van der Waals surface area (Å²) in [7, 11) is 0. The molecule has 2 heterocycles. The van der Waals surface area contributed by atoms with E-state index < -0.39 is 22.8 Å². The maximum atomic E-state index is 14.9. The van der Waals surface area contributed by atoms with E-state index in [4.69, 9.17) is 27.9 Å². The molecule has 28 heavy (non-hydrogen) atoms. The third-order valence-electron chi connectivity index (χ3n) is 3.96. The second kappa shape index (κ2) is 8.16. The van der Waals surface area contributed by atoms with Gasteiger partial charge in [0, 0.05) is 24.9 Å². The van der Waals surface area contributed by atoms with Crippen LogP contribution >= 0.6 is 23.2 Å². The van der Waals surface area contributed by atoms with E-state index in [2.05, 4.69) is 11.7 Å². The molecular weight excluding hydrogens is 411 g/mol. The van der Waals surface area contributed by atoms with E-state index in [1.165, 1.54) is 33.8 Å². The van der Waals surface area contributed by atoms with Gasteiger partial charge in [0.25, 0.3) is 5.56 Å². The molecule has 0 aliphatic heterocycles. The second-order valence-corrected chi connectivity index (χ2v) is 6.58. The fraction of sp³-hybridized carbons (Fsp3) is 0.158. The summed E-state index contributed by atoms with van der Waals surface area (Å²) >= 11 is 12.0. The van der Waals surface area contributed by atoms with E-state index in [9.17, 15) is 13.6 Å². The predicted molar refractivity (Wildman–Crippen MR) is 105 cm³/mol. The monoisotopic (exact) mass is 425 g/mol. The lowest BCUT2D eigenvalue weighted by Gasteiger charge is -2.18. The van der Waals surface area contributed by atoms with Crippen molar-refractivity contribution < 1.29 is 13.5 Å². The first-order chi connectivity index (χ1) is 13.4. The Labute approximate surface area is 169 Å². The van der Waals surface area contributed by atoms with Crippen molar-refractivity contribution in [3.05, 3.63) is 75.3 Å². The zero-order valence-corrected chi connectivity index (χ0v) is 16.3. The van der Waals surface area contributed by atoms with Crippen LogP contribution in [0.4, 0.5) is 8.78 Å². The van der Waals surface area contributed by atoms with Gasteiger partial charge in [-0.25, -0.2) is 13.5 Å². The normalized spacial score (nSPS) is 10.9. The third kappa shape index (κ3) is 3.68. The molecule has 5 nitrogen and oxygen atoms in total. The minimum atomic E-state index is -0.900. The van der Waals surface area contributed by atoms with Gasteiger partial charge in [0.2, 0.25) is 0 Å². The first kappa shape index (κ1) is 20.1. The Kier molecular flexibility index (Phi) is 5.86. The number of rotatable bonds is 6. The van der Waals surface area contributed by atoms with Crippen LogP contribution in [0, 0.1) is 11.6 Å². The molecule has 0 fully saturated rings. The minimum absolute atomic E-state index is 0.00157.